The Morgan fingerprint density at radius 3 is 2.71 bits per heavy atom. The van der Waals surface area contributed by atoms with E-state index in [4.69, 9.17) is 0 Å². The molecule has 0 aromatic rings. The van der Waals surface area contributed by atoms with Crippen molar-refractivity contribution >= 4 is 5.91 Å². The summed E-state index contributed by atoms with van der Waals surface area (Å²) in [4.78, 5) is 15.5. The fourth-order valence-corrected chi connectivity index (χ4v) is 2.25. The van der Waals surface area contributed by atoms with E-state index in [9.17, 15) is 4.79 Å². The van der Waals surface area contributed by atoms with E-state index in [0.29, 0.717) is 6.54 Å². The predicted octanol–water partition coefficient (Wildman–Crippen LogP) is 2.06. The Bertz CT molecular complexity index is 432. The lowest BCUT2D eigenvalue weighted by Gasteiger charge is -2.38. The Morgan fingerprint density at radius 1 is 1.41 bits per heavy atom. The number of nitrogens with zero attached hydrogens (tertiary/aromatic N) is 2. The van der Waals surface area contributed by atoms with Gasteiger partial charge in [0.1, 0.15) is 0 Å². The summed E-state index contributed by atoms with van der Waals surface area (Å²) < 4.78 is 0. The van der Waals surface area contributed by atoms with Gasteiger partial charge in [-0.1, -0.05) is 24.8 Å². The van der Waals surface area contributed by atoms with Crippen molar-refractivity contribution in [3.05, 3.63) is 48.4 Å². The first kappa shape index (κ1) is 11.7. The molecule has 2 aliphatic rings. The number of rotatable bonds is 2. The molecule has 1 fully saturated rings. The largest absolute Gasteiger partial charge is 0.345 e. The van der Waals surface area contributed by atoms with Crippen LogP contribution in [0.4, 0.5) is 0 Å². The van der Waals surface area contributed by atoms with Crippen LogP contribution in [-0.2, 0) is 4.79 Å². The summed E-state index contributed by atoms with van der Waals surface area (Å²) in [5.74, 6) is -0.0134. The van der Waals surface area contributed by atoms with Crippen molar-refractivity contribution in [1.29, 1.82) is 0 Å². The Kier molecular flexibility index (Phi) is 3.18. The zero-order valence-corrected chi connectivity index (χ0v) is 10.3. The van der Waals surface area contributed by atoms with Crippen LogP contribution in [0, 0.1) is 0 Å². The molecule has 3 nitrogen and oxygen atoms in total. The van der Waals surface area contributed by atoms with Crippen molar-refractivity contribution in [2.24, 2.45) is 0 Å². The second-order valence-corrected chi connectivity index (χ2v) is 4.53. The van der Waals surface area contributed by atoms with Crippen molar-refractivity contribution in [2.45, 2.75) is 13.3 Å². The fourth-order valence-electron chi connectivity index (χ4n) is 2.25. The van der Waals surface area contributed by atoms with Crippen molar-refractivity contribution in [3.8, 4) is 0 Å². The smallest absolute Gasteiger partial charge is 0.246 e. The average Bonchev–Trinajstić information content (AvgIpc) is 2.74. The van der Waals surface area contributed by atoms with Gasteiger partial charge in [0, 0.05) is 30.9 Å². The minimum atomic E-state index is -0.0134. The highest BCUT2D eigenvalue weighted by Crippen LogP contribution is 2.26. The normalized spacial score (nSPS) is 20.2. The highest BCUT2D eigenvalue weighted by atomic mass is 16.2. The van der Waals surface area contributed by atoms with Crippen LogP contribution in [0.25, 0.3) is 0 Å². The van der Waals surface area contributed by atoms with Crippen LogP contribution in [0.5, 0.6) is 0 Å². The summed E-state index contributed by atoms with van der Waals surface area (Å²) in [6.07, 6.45) is 6.65. The molecule has 17 heavy (non-hydrogen) atoms. The average molecular weight is 230 g/mol. The molecule has 0 N–H and O–H groups in total. The van der Waals surface area contributed by atoms with Gasteiger partial charge in [-0.05, 0) is 19.1 Å². The van der Waals surface area contributed by atoms with E-state index < -0.39 is 0 Å². The molecule has 0 atom stereocenters. The van der Waals surface area contributed by atoms with Gasteiger partial charge >= 0.3 is 0 Å². The molecule has 1 saturated heterocycles. The summed E-state index contributed by atoms with van der Waals surface area (Å²) in [5, 5.41) is 0. The third-order valence-electron chi connectivity index (χ3n) is 3.20. The lowest BCUT2D eigenvalue weighted by atomic mass is 10.2. The van der Waals surface area contributed by atoms with E-state index in [1.165, 1.54) is 17.3 Å². The summed E-state index contributed by atoms with van der Waals surface area (Å²) >= 11 is 0. The third kappa shape index (κ3) is 2.33. The van der Waals surface area contributed by atoms with Gasteiger partial charge in [-0.2, -0.15) is 0 Å². The molecule has 0 saturated carbocycles. The van der Waals surface area contributed by atoms with Crippen molar-refractivity contribution in [3.63, 3.8) is 0 Å². The Balaban J connectivity index is 2.00. The van der Waals surface area contributed by atoms with Crippen molar-refractivity contribution < 1.29 is 4.79 Å². The Morgan fingerprint density at radius 2 is 2.18 bits per heavy atom. The molecule has 1 amide bonds. The minimum absolute atomic E-state index is 0.0134. The first-order chi connectivity index (χ1) is 8.11. The number of allylic oxidation sites excluding steroid dienone is 3. The number of hydrogen-bond acceptors (Lipinski definition) is 2. The van der Waals surface area contributed by atoms with Gasteiger partial charge in [-0.3, -0.25) is 4.79 Å². The van der Waals surface area contributed by atoms with Crippen molar-refractivity contribution in [2.75, 3.05) is 19.6 Å². The van der Waals surface area contributed by atoms with Gasteiger partial charge in [-0.15, -0.1) is 0 Å². The number of carbonyl (C=O) groups excluding carboxylic acids is 1. The topological polar surface area (TPSA) is 23.6 Å². The highest BCUT2D eigenvalue weighted by molar-refractivity contribution is 5.87. The summed E-state index contributed by atoms with van der Waals surface area (Å²) in [7, 11) is 0. The quantitative estimate of drug-likeness (QED) is 0.678. The van der Waals surface area contributed by atoms with E-state index in [2.05, 4.69) is 37.1 Å². The standard InChI is InChI=1S/C14H18N2O/c1-4-14(17)15-7-8-16(12(3)10-15)13-6-5-11(2)9-13/h4-6H,1,3,7-10H2,2H3. The van der Waals surface area contributed by atoms with Crippen molar-refractivity contribution in [1.82, 2.24) is 9.80 Å². The van der Waals surface area contributed by atoms with E-state index in [-0.39, 0.29) is 5.91 Å². The SMILES string of the molecule is C=CC(=O)N1CCN(C2=CC=C(C)C2)C(=C)C1. The first-order valence-corrected chi connectivity index (χ1v) is 5.85. The maximum Gasteiger partial charge on any atom is 0.246 e. The molecule has 3 heteroatoms. The van der Waals surface area contributed by atoms with Crippen LogP contribution in [-0.4, -0.2) is 35.3 Å². The summed E-state index contributed by atoms with van der Waals surface area (Å²) in [5.41, 5.74) is 3.65. The number of carbonyl (C=O) groups is 1. The second-order valence-electron chi connectivity index (χ2n) is 4.53. The summed E-state index contributed by atoms with van der Waals surface area (Å²) in [6, 6.07) is 0. The van der Waals surface area contributed by atoms with Gasteiger partial charge < -0.3 is 9.80 Å². The van der Waals surface area contributed by atoms with E-state index in [1.54, 1.807) is 4.90 Å². The number of piperazine rings is 1. The molecule has 2 rings (SSSR count). The molecule has 0 aromatic heterocycles. The molecule has 1 aliphatic heterocycles. The van der Waals surface area contributed by atoms with E-state index >= 15 is 0 Å². The van der Waals surface area contributed by atoms with Crippen LogP contribution in [0.1, 0.15) is 13.3 Å². The zero-order chi connectivity index (χ0) is 12.4. The van der Waals surface area contributed by atoms with Gasteiger partial charge in [-0.25, -0.2) is 0 Å². The third-order valence-corrected chi connectivity index (χ3v) is 3.20. The molecule has 1 aliphatic carbocycles. The van der Waals surface area contributed by atoms with Crippen LogP contribution in [0.15, 0.2) is 48.4 Å². The van der Waals surface area contributed by atoms with Gasteiger partial charge in [0.25, 0.3) is 0 Å². The zero-order valence-electron chi connectivity index (χ0n) is 10.3. The lowest BCUT2D eigenvalue weighted by Crippen LogP contribution is -2.45. The highest BCUT2D eigenvalue weighted by Gasteiger charge is 2.24. The molecule has 0 unspecified atom stereocenters. The first-order valence-electron chi connectivity index (χ1n) is 5.85. The molecule has 0 bridgehead atoms. The van der Waals surface area contributed by atoms with Crippen LogP contribution < -0.4 is 0 Å². The van der Waals surface area contributed by atoms with E-state index in [1.807, 2.05) is 0 Å². The Labute approximate surface area is 102 Å². The maximum atomic E-state index is 11.5. The van der Waals surface area contributed by atoms with E-state index in [0.717, 1.165) is 25.2 Å². The van der Waals surface area contributed by atoms with Gasteiger partial charge in [0.2, 0.25) is 5.91 Å². The van der Waals surface area contributed by atoms with Gasteiger partial charge in [0.05, 0.1) is 6.54 Å². The minimum Gasteiger partial charge on any atom is -0.345 e. The maximum absolute atomic E-state index is 11.5. The summed E-state index contributed by atoms with van der Waals surface area (Å²) in [6.45, 7) is 11.9. The number of hydrogen-bond donors (Lipinski definition) is 0. The molecular formula is C14H18N2O. The van der Waals surface area contributed by atoms with Gasteiger partial charge in [0.15, 0.2) is 0 Å². The Hall–Kier alpha value is -1.77. The lowest BCUT2D eigenvalue weighted by molar-refractivity contribution is -0.126. The van der Waals surface area contributed by atoms with Crippen LogP contribution in [0.2, 0.25) is 0 Å². The monoisotopic (exact) mass is 230 g/mol. The van der Waals surface area contributed by atoms with Crippen LogP contribution in [0.3, 0.4) is 0 Å². The van der Waals surface area contributed by atoms with Crippen LogP contribution >= 0.6 is 0 Å². The fraction of sp³-hybridized carbons (Fsp3) is 0.357. The predicted molar refractivity (Wildman–Crippen MR) is 69.1 cm³/mol. The molecular weight excluding hydrogens is 212 g/mol. The molecule has 1 heterocycles. The molecule has 0 radical (unpaired) electrons. The second kappa shape index (κ2) is 4.62. The molecule has 0 aromatic carbocycles. The number of amides is 1. The molecule has 90 valence electrons. The molecule has 0 spiro atoms.